The summed E-state index contributed by atoms with van der Waals surface area (Å²) in [5.41, 5.74) is 0.556. The Morgan fingerprint density at radius 3 is 2.74 bits per heavy atom. The van der Waals surface area contributed by atoms with E-state index in [1.807, 2.05) is 20.8 Å². The summed E-state index contributed by atoms with van der Waals surface area (Å²) in [5.74, 6) is 0.311. The highest BCUT2D eigenvalue weighted by Crippen LogP contribution is 2.18. The van der Waals surface area contributed by atoms with Gasteiger partial charge in [0, 0.05) is 19.3 Å². The fraction of sp³-hybridized carbons (Fsp3) is 0.615. The van der Waals surface area contributed by atoms with Crippen molar-refractivity contribution in [3.63, 3.8) is 0 Å². The topological polar surface area (TPSA) is 71.1 Å². The third kappa shape index (κ3) is 4.80. The Morgan fingerprint density at radius 1 is 1.37 bits per heavy atom. The van der Waals surface area contributed by atoms with Gasteiger partial charge in [-0.1, -0.05) is 27.2 Å². The summed E-state index contributed by atoms with van der Waals surface area (Å²) in [6, 6.07) is 3.46. The molecular formula is C13H23N3O2S. The highest BCUT2D eigenvalue weighted by Gasteiger charge is 2.20. The number of pyridine rings is 1. The standard InChI is InChI=1S/C13H23N3O2S/c1-4-8-14-12-7-6-9-15-13(12)19(17,18)16-10-11(3)5-2/h6-7,9,11,14,16H,4-5,8,10H2,1-3H3. The average Bonchev–Trinajstić information content (AvgIpc) is 2.42. The molecule has 0 fully saturated rings. The molecule has 2 N–H and O–H groups in total. The molecule has 1 unspecified atom stereocenters. The molecule has 108 valence electrons. The van der Waals surface area contributed by atoms with Crippen molar-refractivity contribution in [1.29, 1.82) is 0 Å². The predicted octanol–water partition coefficient (Wildman–Crippen LogP) is 2.23. The second-order valence-electron chi connectivity index (χ2n) is 4.65. The second-order valence-corrected chi connectivity index (χ2v) is 6.33. The van der Waals surface area contributed by atoms with Crippen LogP contribution < -0.4 is 10.0 Å². The molecule has 1 heterocycles. The van der Waals surface area contributed by atoms with Gasteiger partial charge in [-0.3, -0.25) is 0 Å². The molecule has 0 aliphatic carbocycles. The van der Waals surface area contributed by atoms with E-state index in [1.165, 1.54) is 6.20 Å². The van der Waals surface area contributed by atoms with Crippen LogP contribution in [0.15, 0.2) is 23.4 Å². The molecule has 0 aliphatic rings. The number of nitrogens with one attached hydrogen (secondary N) is 2. The predicted molar refractivity (Wildman–Crippen MR) is 77.7 cm³/mol. The molecule has 1 atom stereocenters. The minimum atomic E-state index is -3.55. The summed E-state index contributed by atoms with van der Waals surface area (Å²) >= 11 is 0. The quantitative estimate of drug-likeness (QED) is 0.768. The maximum absolute atomic E-state index is 12.2. The lowest BCUT2D eigenvalue weighted by Gasteiger charge is -2.13. The molecule has 1 rings (SSSR count). The number of hydrogen-bond donors (Lipinski definition) is 2. The van der Waals surface area contributed by atoms with Crippen molar-refractivity contribution in [1.82, 2.24) is 9.71 Å². The Kier molecular flexibility index (Phi) is 6.24. The van der Waals surface area contributed by atoms with Crippen LogP contribution in [0.4, 0.5) is 5.69 Å². The lowest BCUT2D eigenvalue weighted by molar-refractivity contribution is 0.527. The van der Waals surface area contributed by atoms with Gasteiger partial charge in [0.05, 0.1) is 5.69 Å². The minimum Gasteiger partial charge on any atom is -0.383 e. The van der Waals surface area contributed by atoms with Gasteiger partial charge in [-0.2, -0.15) is 0 Å². The zero-order chi connectivity index (χ0) is 14.3. The molecule has 19 heavy (non-hydrogen) atoms. The number of aromatic nitrogens is 1. The summed E-state index contributed by atoms with van der Waals surface area (Å²) in [6.45, 7) is 7.23. The summed E-state index contributed by atoms with van der Waals surface area (Å²) < 4.78 is 27.1. The van der Waals surface area contributed by atoms with Crippen LogP contribution in [0.25, 0.3) is 0 Å². The largest absolute Gasteiger partial charge is 0.383 e. The molecule has 0 saturated heterocycles. The van der Waals surface area contributed by atoms with Gasteiger partial charge in [0.1, 0.15) is 0 Å². The SMILES string of the molecule is CCCNc1cccnc1S(=O)(=O)NCC(C)CC. The van der Waals surface area contributed by atoms with Crippen molar-refractivity contribution in [2.24, 2.45) is 5.92 Å². The monoisotopic (exact) mass is 285 g/mol. The van der Waals surface area contributed by atoms with E-state index < -0.39 is 10.0 Å². The maximum Gasteiger partial charge on any atom is 0.260 e. The first kappa shape index (κ1) is 15.9. The number of sulfonamides is 1. The van der Waals surface area contributed by atoms with E-state index in [4.69, 9.17) is 0 Å². The summed E-state index contributed by atoms with van der Waals surface area (Å²) in [4.78, 5) is 3.99. The van der Waals surface area contributed by atoms with Crippen molar-refractivity contribution in [2.75, 3.05) is 18.4 Å². The van der Waals surface area contributed by atoms with Gasteiger partial charge in [-0.05, 0) is 24.5 Å². The van der Waals surface area contributed by atoms with Crippen molar-refractivity contribution < 1.29 is 8.42 Å². The number of anilines is 1. The fourth-order valence-electron chi connectivity index (χ4n) is 1.46. The Hall–Kier alpha value is -1.14. The Balaban J connectivity index is 2.88. The van der Waals surface area contributed by atoms with Gasteiger partial charge >= 0.3 is 0 Å². The first-order valence-electron chi connectivity index (χ1n) is 6.69. The van der Waals surface area contributed by atoms with Gasteiger partial charge in [0.2, 0.25) is 0 Å². The van der Waals surface area contributed by atoms with E-state index in [0.717, 1.165) is 19.4 Å². The molecule has 0 amide bonds. The van der Waals surface area contributed by atoms with Crippen LogP contribution in [-0.2, 0) is 10.0 Å². The van der Waals surface area contributed by atoms with Crippen LogP contribution >= 0.6 is 0 Å². The first-order valence-corrected chi connectivity index (χ1v) is 8.18. The van der Waals surface area contributed by atoms with Crippen molar-refractivity contribution in [3.05, 3.63) is 18.3 Å². The van der Waals surface area contributed by atoms with Crippen LogP contribution in [0.5, 0.6) is 0 Å². The van der Waals surface area contributed by atoms with Gasteiger partial charge in [0.15, 0.2) is 5.03 Å². The molecule has 0 aliphatic heterocycles. The molecule has 6 heteroatoms. The second kappa shape index (κ2) is 7.45. The van der Waals surface area contributed by atoms with E-state index in [1.54, 1.807) is 12.1 Å². The maximum atomic E-state index is 12.2. The number of nitrogens with zero attached hydrogens (tertiary/aromatic N) is 1. The smallest absolute Gasteiger partial charge is 0.260 e. The van der Waals surface area contributed by atoms with Crippen molar-refractivity contribution in [3.8, 4) is 0 Å². The Labute approximate surface area is 115 Å². The summed E-state index contributed by atoms with van der Waals surface area (Å²) in [7, 11) is -3.55. The van der Waals surface area contributed by atoms with Gasteiger partial charge in [-0.25, -0.2) is 18.1 Å². The van der Waals surface area contributed by atoms with E-state index in [2.05, 4.69) is 15.0 Å². The fourth-order valence-corrected chi connectivity index (χ4v) is 2.73. The zero-order valence-corrected chi connectivity index (χ0v) is 12.6. The summed E-state index contributed by atoms with van der Waals surface area (Å²) in [5, 5.41) is 3.16. The molecule has 0 radical (unpaired) electrons. The molecule has 1 aromatic heterocycles. The van der Waals surface area contributed by atoms with Crippen LogP contribution in [0, 0.1) is 5.92 Å². The Morgan fingerprint density at radius 2 is 2.11 bits per heavy atom. The van der Waals surface area contributed by atoms with Crippen LogP contribution in [0.3, 0.4) is 0 Å². The highest BCUT2D eigenvalue weighted by atomic mass is 32.2. The van der Waals surface area contributed by atoms with Crippen LogP contribution in [0.2, 0.25) is 0 Å². The van der Waals surface area contributed by atoms with Crippen LogP contribution in [0.1, 0.15) is 33.6 Å². The van der Waals surface area contributed by atoms with E-state index in [0.29, 0.717) is 18.2 Å². The Bertz CT molecular complexity index is 488. The third-order valence-electron chi connectivity index (χ3n) is 2.91. The highest BCUT2D eigenvalue weighted by molar-refractivity contribution is 7.89. The van der Waals surface area contributed by atoms with Gasteiger partial charge in [0.25, 0.3) is 10.0 Å². The number of rotatable bonds is 8. The first-order chi connectivity index (χ1) is 9.01. The van der Waals surface area contributed by atoms with Crippen LogP contribution in [-0.4, -0.2) is 26.5 Å². The molecular weight excluding hydrogens is 262 g/mol. The number of hydrogen-bond acceptors (Lipinski definition) is 4. The molecule has 0 saturated carbocycles. The average molecular weight is 285 g/mol. The molecule has 1 aromatic rings. The lowest BCUT2D eigenvalue weighted by Crippen LogP contribution is -2.29. The summed E-state index contributed by atoms with van der Waals surface area (Å²) in [6.07, 6.45) is 3.36. The molecule has 5 nitrogen and oxygen atoms in total. The third-order valence-corrected chi connectivity index (χ3v) is 4.29. The van der Waals surface area contributed by atoms with Crippen molar-refractivity contribution >= 4 is 15.7 Å². The van der Waals surface area contributed by atoms with Gasteiger partial charge < -0.3 is 5.32 Å². The molecule has 0 spiro atoms. The zero-order valence-electron chi connectivity index (χ0n) is 11.8. The molecule has 0 aromatic carbocycles. The van der Waals surface area contributed by atoms with E-state index in [-0.39, 0.29) is 5.03 Å². The van der Waals surface area contributed by atoms with Crippen molar-refractivity contribution in [2.45, 2.75) is 38.6 Å². The van der Waals surface area contributed by atoms with E-state index >= 15 is 0 Å². The normalized spacial score (nSPS) is 13.2. The lowest BCUT2D eigenvalue weighted by atomic mass is 10.1. The minimum absolute atomic E-state index is 0.0757. The molecule has 0 bridgehead atoms. The van der Waals surface area contributed by atoms with E-state index in [9.17, 15) is 8.42 Å². The van der Waals surface area contributed by atoms with Gasteiger partial charge in [-0.15, -0.1) is 0 Å².